The van der Waals surface area contributed by atoms with Gasteiger partial charge in [-0.25, -0.2) is 0 Å². The molecule has 6 rings (SSSR count). The van der Waals surface area contributed by atoms with Crippen molar-refractivity contribution >= 4 is 23.5 Å². The van der Waals surface area contributed by atoms with Gasteiger partial charge in [-0.2, -0.15) is 0 Å². The van der Waals surface area contributed by atoms with Gasteiger partial charge >= 0.3 is 0 Å². The lowest BCUT2D eigenvalue weighted by Crippen LogP contribution is -2.35. The Bertz CT molecular complexity index is 1440. The van der Waals surface area contributed by atoms with Crippen LogP contribution in [0.25, 0.3) is 11.6 Å². The molecular formula is C32H32N2O6. The summed E-state index contributed by atoms with van der Waals surface area (Å²) in [5.41, 5.74) is 3.97. The summed E-state index contributed by atoms with van der Waals surface area (Å²) < 4.78 is 18.2. The summed E-state index contributed by atoms with van der Waals surface area (Å²) in [5, 5.41) is 9.41. The third-order valence-corrected chi connectivity index (χ3v) is 8.21. The molecule has 1 aromatic carbocycles. The van der Waals surface area contributed by atoms with E-state index in [2.05, 4.69) is 4.98 Å². The normalized spacial score (nSPS) is 24.4. The standard InChI is InChI=1S/C32H32N2O6/c1-34-31(36)25-16-21(18-38-22-7-3-2-4-8-22)29-26(30(25)32(34)37)19-39-28(29)13-10-20(27-9-5-6-14-33-27)15-23-11-12-24(17-35)40-23/h2-9,11-12,14-15,25-26,28,30,35H,10,13,16-19H2,1H3/b20-15-/t25-,26+,28-,30-/m1/s1. The highest BCUT2D eigenvalue weighted by molar-refractivity contribution is 6.05. The SMILES string of the molecule is CN1C(=O)[C@@H]2[C@@H](CC(COc3ccccc3)=C3[C@@H](CC/C(=C/c4ccc(CO)o4)c4ccccn4)OC[C@@H]32)C1=O. The number of furan rings is 1. The highest BCUT2D eigenvalue weighted by Gasteiger charge is 2.56. The smallest absolute Gasteiger partial charge is 0.233 e. The summed E-state index contributed by atoms with van der Waals surface area (Å²) in [6.07, 6.45) is 5.33. The van der Waals surface area contributed by atoms with E-state index in [0.29, 0.717) is 44.0 Å². The van der Waals surface area contributed by atoms with Crippen LogP contribution in [0.2, 0.25) is 0 Å². The molecular weight excluding hydrogens is 508 g/mol. The van der Waals surface area contributed by atoms with Gasteiger partial charge in [0.05, 0.1) is 30.2 Å². The van der Waals surface area contributed by atoms with Gasteiger partial charge < -0.3 is 19.0 Å². The summed E-state index contributed by atoms with van der Waals surface area (Å²) >= 11 is 0. The number of hydrogen-bond acceptors (Lipinski definition) is 7. The molecule has 2 amide bonds. The minimum atomic E-state index is -0.385. The molecule has 3 aliphatic rings. The summed E-state index contributed by atoms with van der Waals surface area (Å²) in [5.74, 6) is 0.780. The Morgan fingerprint density at radius 3 is 2.65 bits per heavy atom. The van der Waals surface area contributed by atoms with Crippen LogP contribution in [0.3, 0.4) is 0 Å². The molecule has 0 saturated carbocycles. The average molecular weight is 541 g/mol. The number of pyridine rings is 1. The summed E-state index contributed by atoms with van der Waals surface area (Å²) in [7, 11) is 1.58. The maximum absolute atomic E-state index is 13.1. The second-order valence-corrected chi connectivity index (χ2v) is 10.5. The Balaban J connectivity index is 1.29. The fraction of sp³-hybridized carbons (Fsp3) is 0.344. The number of aliphatic hydroxyl groups is 1. The van der Waals surface area contributed by atoms with Crippen molar-refractivity contribution in [1.82, 2.24) is 9.88 Å². The molecule has 4 atom stereocenters. The first-order valence-electron chi connectivity index (χ1n) is 13.7. The van der Waals surface area contributed by atoms with Crippen LogP contribution in [-0.4, -0.2) is 53.2 Å². The number of carbonyl (C=O) groups is 2. The lowest BCUT2D eigenvalue weighted by molar-refractivity contribution is -0.138. The van der Waals surface area contributed by atoms with E-state index in [1.54, 1.807) is 19.3 Å². The first kappa shape index (κ1) is 26.2. The van der Waals surface area contributed by atoms with Crippen molar-refractivity contribution in [2.75, 3.05) is 20.3 Å². The molecule has 0 spiro atoms. The maximum atomic E-state index is 13.1. The van der Waals surface area contributed by atoms with E-state index in [1.807, 2.05) is 60.7 Å². The molecule has 1 N–H and O–H groups in total. The number of hydrogen-bond donors (Lipinski definition) is 1. The zero-order chi connectivity index (χ0) is 27.6. The molecule has 0 radical (unpaired) electrons. The van der Waals surface area contributed by atoms with Gasteiger partial charge in [0.1, 0.15) is 30.5 Å². The fourth-order valence-electron chi connectivity index (χ4n) is 6.29. The number of aliphatic hydroxyl groups excluding tert-OH is 1. The largest absolute Gasteiger partial charge is 0.489 e. The number of imide groups is 1. The first-order chi connectivity index (χ1) is 19.5. The number of likely N-dealkylation sites (tertiary alicyclic amines) is 1. The summed E-state index contributed by atoms with van der Waals surface area (Å²) in [6, 6.07) is 19.0. The minimum absolute atomic E-state index is 0.114. The van der Waals surface area contributed by atoms with Crippen molar-refractivity contribution < 1.29 is 28.6 Å². The molecule has 0 unspecified atom stereocenters. The van der Waals surface area contributed by atoms with Crippen LogP contribution in [0.4, 0.5) is 0 Å². The van der Waals surface area contributed by atoms with Crippen LogP contribution in [0.15, 0.2) is 82.4 Å². The molecule has 206 valence electrons. The number of benzene rings is 1. The molecule has 3 aromatic rings. The lowest BCUT2D eigenvalue weighted by atomic mass is 9.69. The zero-order valence-electron chi connectivity index (χ0n) is 22.4. The van der Waals surface area contributed by atoms with Gasteiger partial charge in [-0.1, -0.05) is 24.3 Å². The average Bonchev–Trinajstić information content (AvgIpc) is 3.69. The van der Waals surface area contributed by atoms with E-state index < -0.39 is 0 Å². The second-order valence-electron chi connectivity index (χ2n) is 10.5. The number of carbonyl (C=O) groups excluding carboxylic acids is 2. The van der Waals surface area contributed by atoms with E-state index in [9.17, 15) is 14.7 Å². The quantitative estimate of drug-likeness (QED) is 0.315. The van der Waals surface area contributed by atoms with E-state index in [1.165, 1.54) is 4.90 Å². The predicted octanol–water partition coefficient (Wildman–Crippen LogP) is 4.51. The molecule has 1 aliphatic carbocycles. The van der Waals surface area contributed by atoms with Crippen LogP contribution in [0.1, 0.15) is 36.5 Å². The van der Waals surface area contributed by atoms with Gasteiger partial charge in [0, 0.05) is 19.2 Å². The van der Waals surface area contributed by atoms with Crippen molar-refractivity contribution in [3.05, 3.63) is 95.2 Å². The molecule has 2 aromatic heterocycles. The molecule has 2 fully saturated rings. The van der Waals surface area contributed by atoms with Crippen molar-refractivity contribution in [1.29, 1.82) is 0 Å². The van der Waals surface area contributed by atoms with Crippen LogP contribution in [0, 0.1) is 17.8 Å². The van der Waals surface area contributed by atoms with Crippen molar-refractivity contribution in [3.8, 4) is 5.75 Å². The third-order valence-electron chi connectivity index (χ3n) is 8.21. The molecule has 0 bridgehead atoms. The summed E-state index contributed by atoms with van der Waals surface area (Å²) in [4.78, 5) is 31.9. The molecule has 2 saturated heterocycles. The molecule has 8 nitrogen and oxygen atoms in total. The highest BCUT2D eigenvalue weighted by atomic mass is 16.5. The fourth-order valence-corrected chi connectivity index (χ4v) is 6.29. The van der Waals surface area contributed by atoms with Gasteiger partial charge in [-0.05, 0) is 78.5 Å². The van der Waals surface area contributed by atoms with E-state index in [0.717, 1.165) is 28.2 Å². The molecule has 2 aliphatic heterocycles. The monoisotopic (exact) mass is 540 g/mol. The van der Waals surface area contributed by atoms with Crippen LogP contribution in [-0.2, 0) is 20.9 Å². The minimum Gasteiger partial charge on any atom is -0.489 e. The Hall–Kier alpha value is -4.01. The van der Waals surface area contributed by atoms with Crippen LogP contribution >= 0.6 is 0 Å². The Morgan fingerprint density at radius 2 is 1.90 bits per heavy atom. The molecule has 4 heterocycles. The Labute approximate surface area is 232 Å². The number of rotatable bonds is 9. The summed E-state index contributed by atoms with van der Waals surface area (Å²) in [6.45, 7) is 0.595. The number of aromatic nitrogens is 1. The second kappa shape index (κ2) is 11.2. The van der Waals surface area contributed by atoms with Gasteiger partial charge in [0.2, 0.25) is 11.8 Å². The van der Waals surface area contributed by atoms with E-state index in [4.69, 9.17) is 13.9 Å². The van der Waals surface area contributed by atoms with Crippen LogP contribution in [0.5, 0.6) is 5.75 Å². The van der Waals surface area contributed by atoms with Gasteiger partial charge in [0.15, 0.2) is 0 Å². The predicted molar refractivity (Wildman–Crippen MR) is 148 cm³/mol. The Kier molecular flexibility index (Phi) is 7.36. The third kappa shape index (κ3) is 5.00. The maximum Gasteiger partial charge on any atom is 0.233 e. The Morgan fingerprint density at radius 1 is 1.07 bits per heavy atom. The molecule has 8 heteroatoms. The van der Waals surface area contributed by atoms with Gasteiger partial charge in [-0.3, -0.25) is 19.5 Å². The topological polar surface area (TPSA) is 102 Å². The van der Waals surface area contributed by atoms with Crippen LogP contribution < -0.4 is 4.74 Å². The van der Waals surface area contributed by atoms with Gasteiger partial charge in [-0.15, -0.1) is 0 Å². The zero-order valence-corrected chi connectivity index (χ0v) is 22.4. The number of amides is 2. The highest BCUT2D eigenvalue weighted by Crippen LogP contribution is 2.49. The molecule has 40 heavy (non-hydrogen) atoms. The first-order valence-corrected chi connectivity index (χ1v) is 13.7. The number of nitrogens with zero attached hydrogens (tertiary/aromatic N) is 2. The van der Waals surface area contributed by atoms with Gasteiger partial charge in [0.25, 0.3) is 0 Å². The van der Waals surface area contributed by atoms with E-state index >= 15 is 0 Å². The number of fused-ring (bicyclic) bond motifs is 3. The van der Waals surface area contributed by atoms with Crippen molar-refractivity contribution in [3.63, 3.8) is 0 Å². The number of allylic oxidation sites excluding steroid dienone is 1. The lowest BCUT2D eigenvalue weighted by Gasteiger charge is -2.31. The van der Waals surface area contributed by atoms with Crippen molar-refractivity contribution in [2.45, 2.75) is 32.0 Å². The number of para-hydroxylation sites is 1. The van der Waals surface area contributed by atoms with Crippen molar-refractivity contribution in [2.24, 2.45) is 17.8 Å². The number of ether oxygens (including phenoxy) is 2. The van der Waals surface area contributed by atoms with E-state index in [-0.39, 0.29) is 42.3 Å².